The Morgan fingerprint density at radius 2 is 0.557 bits per heavy atom. The van der Waals surface area contributed by atoms with Crippen LogP contribution in [-0.4, -0.2) is 82.3 Å². The molecule has 2 unspecified atom stereocenters. The predicted octanol–water partition coefficient (Wildman–Crippen LogP) is 23.8. The Balaban J connectivity index is 4.12. The second kappa shape index (κ2) is 76.1. The minimum absolute atomic E-state index is 0.137. The lowest BCUT2D eigenvalue weighted by molar-refractivity contribution is -0.870. The maximum atomic E-state index is 13.0. The number of hydrogen-bond donors (Lipinski definition) is 0. The molecule has 0 aliphatic rings. The summed E-state index contributed by atoms with van der Waals surface area (Å²) in [5, 5.41) is 11.9. The molecule has 0 saturated carbocycles. The molecule has 0 N–H and O–H groups in total. The standard InChI is InChI=1S/C88H143NO8/c1-6-8-10-12-14-16-18-20-22-24-26-28-30-32-34-36-38-40-42-43-45-46-48-50-52-54-56-58-60-62-64-66-68-70-72-74-76-78-85(90)95-82-84(83-96-88(87(92)93)94-81-80-89(3,4)5)97-86(91)79-77-75-73-71-69-67-65-63-61-59-57-55-53-51-49-47-44-41-39-37-35-33-31-29-27-25-23-21-19-17-15-13-11-9-7-2/h8-11,14-17,20-23,26-29,32-35,38-41,47,49,53,55,59,61,84,88H,6-7,12-13,18-19,24-25,30-31,36-37,42-46,48,50-52,54,56-58,60,62-83H2,1-5H3/b10-8-,11-9-,16-14-,17-15-,22-20-,23-21-,28-26-,29-27-,34-32-,35-33-,40-38-,41-39-,49-47-,55-53-,61-59-. The fourth-order valence-corrected chi connectivity index (χ4v) is 10.3. The fourth-order valence-electron chi connectivity index (χ4n) is 10.3. The molecule has 2 atom stereocenters. The Bertz CT molecular complexity index is 2260. The van der Waals surface area contributed by atoms with Crippen LogP contribution in [-0.2, 0) is 33.3 Å². The van der Waals surface area contributed by atoms with Gasteiger partial charge in [-0.25, -0.2) is 0 Å². The van der Waals surface area contributed by atoms with Crippen molar-refractivity contribution in [3.8, 4) is 0 Å². The molecule has 0 aromatic rings. The van der Waals surface area contributed by atoms with Crippen LogP contribution in [0.25, 0.3) is 0 Å². The number of esters is 2. The number of carbonyl (C=O) groups excluding carboxylic acids is 3. The third-order valence-corrected chi connectivity index (χ3v) is 16.1. The Hall–Kier alpha value is -5.61. The van der Waals surface area contributed by atoms with E-state index >= 15 is 0 Å². The molecule has 0 spiro atoms. The van der Waals surface area contributed by atoms with Crippen LogP contribution in [0.3, 0.4) is 0 Å². The first kappa shape index (κ1) is 91.4. The van der Waals surface area contributed by atoms with E-state index in [1.165, 1.54) is 122 Å². The molecule has 0 saturated heterocycles. The topological polar surface area (TPSA) is 111 Å². The SMILES string of the molecule is CC/C=C\C/C=C\C/C=C\C/C=C\C/C=C\C/C=C\C/C=C\C/C=C\C/C=C\CCCCCCCCCC(=O)OC(COC(=O)CCCCCCCCCCCCCCCCCCCC/C=C\C/C=C\C/C=C\C/C=C\C/C=C\C/C=C\CC)COC(OCC[N+](C)(C)C)C(=O)[O-]. The molecule has 0 fully saturated rings. The Morgan fingerprint density at radius 1 is 0.309 bits per heavy atom. The average Bonchev–Trinajstić information content (AvgIpc) is 3.74. The fraction of sp³-hybridized carbons (Fsp3) is 0.625. The van der Waals surface area contributed by atoms with Crippen molar-refractivity contribution >= 4 is 17.9 Å². The van der Waals surface area contributed by atoms with E-state index in [-0.39, 0.29) is 38.6 Å². The highest BCUT2D eigenvalue weighted by Crippen LogP contribution is 2.17. The number of carbonyl (C=O) groups is 3. The summed E-state index contributed by atoms with van der Waals surface area (Å²) in [4.78, 5) is 37.6. The number of unbranched alkanes of at least 4 members (excludes halogenated alkanes) is 25. The molecule has 0 aromatic heterocycles. The number of ether oxygens (including phenoxy) is 4. The molecule has 0 radical (unpaired) electrons. The number of aliphatic carboxylic acids is 1. The van der Waals surface area contributed by atoms with E-state index in [1.54, 1.807) is 0 Å². The third kappa shape index (κ3) is 77.6. The van der Waals surface area contributed by atoms with Crippen molar-refractivity contribution in [3.63, 3.8) is 0 Å². The molecular formula is C88H143NO8. The molecule has 0 rings (SSSR count). The van der Waals surface area contributed by atoms with Crippen LogP contribution in [0.1, 0.15) is 296 Å². The van der Waals surface area contributed by atoms with Crippen LogP contribution in [0.2, 0.25) is 0 Å². The smallest absolute Gasteiger partial charge is 0.306 e. The minimum atomic E-state index is -1.64. The van der Waals surface area contributed by atoms with Gasteiger partial charge in [-0.2, -0.15) is 0 Å². The number of carboxylic acid groups (broad SMARTS) is 1. The van der Waals surface area contributed by atoms with Gasteiger partial charge >= 0.3 is 11.9 Å². The van der Waals surface area contributed by atoms with Crippen LogP contribution in [0.15, 0.2) is 182 Å². The first-order chi connectivity index (χ1) is 47.6. The third-order valence-electron chi connectivity index (χ3n) is 16.1. The zero-order valence-corrected chi connectivity index (χ0v) is 62.6. The lowest BCUT2D eigenvalue weighted by atomic mass is 10.0. The molecule has 0 aliphatic heterocycles. The highest BCUT2D eigenvalue weighted by Gasteiger charge is 2.22. The van der Waals surface area contributed by atoms with Gasteiger partial charge in [-0.15, -0.1) is 0 Å². The maximum absolute atomic E-state index is 13.0. The number of likely N-dealkylation sites (N-methyl/N-ethyl adjacent to an activating group) is 1. The van der Waals surface area contributed by atoms with E-state index in [1.807, 2.05) is 21.1 Å². The molecular weight excluding hydrogens is 1200 g/mol. The van der Waals surface area contributed by atoms with Gasteiger partial charge in [0.15, 0.2) is 12.4 Å². The molecule has 0 aliphatic carbocycles. The van der Waals surface area contributed by atoms with E-state index in [9.17, 15) is 19.5 Å². The predicted molar refractivity (Wildman–Crippen MR) is 416 cm³/mol. The van der Waals surface area contributed by atoms with Crippen LogP contribution in [0.4, 0.5) is 0 Å². The summed E-state index contributed by atoms with van der Waals surface area (Å²) in [5.41, 5.74) is 0. The van der Waals surface area contributed by atoms with Crippen LogP contribution in [0.5, 0.6) is 0 Å². The van der Waals surface area contributed by atoms with E-state index in [4.69, 9.17) is 18.9 Å². The summed E-state index contributed by atoms with van der Waals surface area (Å²) in [6, 6.07) is 0. The Kier molecular flexibility index (Phi) is 71.7. The largest absolute Gasteiger partial charge is 0.545 e. The van der Waals surface area contributed by atoms with Gasteiger partial charge in [-0.1, -0.05) is 331 Å². The molecule has 0 heterocycles. The van der Waals surface area contributed by atoms with Gasteiger partial charge in [0.25, 0.3) is 0 Å². The van der Waals surface area contributed by atoms with Gasteiger partial charge in [0.05, 0.1) is 40.3 Å². The first-order valence-electron chi connectivity index (χ1n) is 38.9. The lowest BCUT2D eigenvalue weighted by Crippen LogP contribution is -2.44. The Morgan fingerprint density at radius 3 is 0.825 bits per heavy atom. The molecule has 9 nitrogen and oxygen atoms in total. The Labute approximate surface area is 596 Å². The quantitative estimate of drug-likeness (QED) is 0.0195. The highest BCUT2D eigenvalue weighted by molar-refractivity contribution is 5.70. The summed E-state index contributed by atoms with van der Waals surface area (Å²) in [6.45, 7) is 4.51. The van der Waals surface area contributed by atoms with Gasteiger partial charge < -0.3 is 33.3 Å². The van der Waals surface area contributed by atoms with Gasteiger partial charge in [-0.05, 0) is 135 Å². The number of quaternary nitrogens is 1. The lowest BCUT2D eigenvalue weighted by Gasteiger charge is -2.26. The number of allylic oxidation sites excluding steroid dienone is 30. The number of nitrogens with zero attached hydrogens (tertiary/aromatic N) is 1. The molecule has 0 aromatic carbocycles. The monoisotopic (exact) mass is 1340 g/mol. The van der Waals surface area contributed by atoms with Crippen molar-refractivity contribution < 1.29 is 42.9 Å². The number of carboxylic acids is 1. The van der Waals surface area contributed by atoms with Crippen molar-refractivity contribution in [2.24, 2.45) is 0 Å². The van der Waals surface area contributed by atoms with Crippen molar-refractivity contribution in [2.45, 2.75) is 309 Å². The first-order valence-corrected chi connectivity index (χ1v) is 38.9. The van der Waals surface area contributed by atoms with Crippen LogP contribution < -0.4 is 5.11 Å². The molecule has 0 bridgehead atoms. The van der Waals surface area contributed by atoms with E-state index in [0.717, 1.165) is 141 Å². The summed E-state index contributed by atoms with van der Waals surface area (Å²) in [6.07, 6.45) is 113. The highest BCUT2D eigenvalue weighted by atomic mass is 16.7. The van der Waals surface area contributed by atoms with Gasteiger partial charge in [0.2, 0.25) is 0 Å². The second-order valence-corrected chi connectivity index (χ2v) is 26.5. The minimum Gasteiger partial charge on any atom is -0.545 e. The molecule has 0 amide bonds. The van der Waals surface area contributed by atoms with Gasteiger partial charge in [0, 0.05) is 12.8 Å². The summed E-state index contributed by atoms with van der Waals surface area (Å²) >= 11 is 0. The van der Waals surface area contributed by atoms with Crippen LogP contribution in [0, 0.1) is 0 Å². The number of rotatable bonds is 70. The van der Waals surface area contributed by atoms with Crippen molar-refractivity contribution in [2.75, 3.05) is 47.5 Å². The summed E-state index contributed by atoms with van der Waals surface area (Å²) in [5.74, 6) is -2.30. The van der Waals surface area contributed by atoms with Crippen LogP contribution >= 0.6 is 0 Å². The average molecular weight is 1340 g/mol. The van der Waals surface area contributed by atoms with E-state index in [0.29, 0.717) is 17.4 Å². The van der Waals surface area contributed by atoms with Gasteiger partial charge in [-0.3, -0.25) is 9.59 Å². The molecule has 97 heavy (non-hydrogen) atoms. The van der Waals surface area contributed by atoms with Crippen molar-refractivity contribution in [1.29, 1.82) is 0 Å². The molecule has 9 heteroatoms. The van der Waals surface area contributed by atoms with Crippen molar-refractivity contribution in [1.82, 2.24) is 0 Å². The maximum Gasteiger partial charge on any atom is 0.306 e. The van der Waals surface area contributed by atoms with E-state index in [2.05, 4.69) is 196 Å². The zero-order chi connectivity index (χ0) is 70.4. The normalized spacial score (nSPS) is 13.7. The van der Waals surface area contributed by atoms with Gasteiger partial charge in [0.1, 0.15) is 13.2 Å². The summed E-state index contributed by atoms with van der Waals surface area (Å²) < 4.78 is 22.8. The number of hydrogen-bond acceptors (Lipinski definition) is 8. The zero-order valence-electron chi connectivity index (χ0n) is 62.6. The summed E-state index contributed by atoms with van der Waals surface area (Å²) in [7, 11) is 5.92. The van der Waals surface area contributed by atoms with E-state index < -0.39 is 24.3 Å². The second-order valence-electron chi connectivity index (χ2n) is 26.5. The molecule has 548 valence electrons. The van der Waals surface area contributed by atoms with Crippen molar-refractivity contribution in [3.05, 3.63) is 182 Å².